The minimum Gasteiger partial charge on any atom is -0.481 e. The molecule has 0 fully saturated rings. The number of hydrogen-bond donors (Lipinski definition) is 1. The van der Waals surface area contributed by atoms with Crippen LogP contribution in [0, 0.1) is 12.8 Å². The highest BCUT2D eigenvalue weighted by Gasteiger charge is 2.25. The number of carbonyl (C=O) groups is 1. The number of aryl methyl sites for hydroxylation is 1. The van der Waals surface area contributed by atoms with Gasteiger partial charge in [-0.25, -0.2) is 4.98 Å². The summed E-state index contributed by atoms with van der Waals surface area (Å²) in [5.41, 5.74) is 1.38. The average Bonchev–Trinajstić information content (AvgIpc) is 2.10. The third-order valence-corrected chi connectivity index (χ3v) is 2.69. The van der Waals surface area contributed by atoms with Crippen molar-refractivity contribution in [3.8, 4) is 0 Å². The molecule has 0 bridgehead atoms. The number of aromatic nitrogens is 1. The van der Waals surface area contributed by atoms with Gasteiger partial charge in [-0.15, -0.1) is 0 Å². The Morgan fingerprint density at radius 1 is 1.47 bits per heavy atom. The molecule has 1 aromatic heterocycles. The molecule has 0 amide bonds. The summed E-state index contributed by atoms with van der Waals surface area (Å²) in [6.07, 6.45) is 0. The summed E-state index contributed by atoms with van der Waals surface area (Å²) < 4.78 is 0. The number of pyridine rings is 1. The first kappa shape index (κ1) is 12.0. The Morgan fingerprint density at radius 2 is 2.07 bits per heavy atom. The van der Waals surface area contributed by atoms with Crippen molar-refractivity contribution < 1.29 is 9.90 Å². The lowest BCUT2D eigenvalue weighted by atomic mass is 9.92. The maximum atomic E-state index is 11.1. The second kappa shape index (κ2) is 4.62. The molecule has 0 spiro atoms. The molecule has 4 heteroatoms. The van der Waals surface area contributed by atoms with E-state index in [9.17, 15) is 4.79 Å². The number of hydrogen-bond acceptors (Lipinski definition) is 2. The molecule has 0 radical (unpaired) electrons. The van der Waals surface area contributed by atoms with Gasteiger partial charge >= 0.3 is 5.97 Å². The van der Waals surface area contributed by atoms with E-state index in [-0.39, 0.29) is 5.92 Å². The lowest BCUT2D eigenvalue weighted by Crippen LogP contribution is -2.18. The highest BCUT2D eigenvalue weighted by Crippen LogP contribution is 2.25. The zero-order valence-corrected chi connectivity index (χ0v) is 9.75. The molecule has 0 aromatic carbocycles. The molecule has 1 atom stereocenters. The minimum absolute atomic E-state index is 0.00577. The third kappa shape index (κ3) is 2.69. The van der Waals surface area contributed by atoms with Crippen LogP contribution in [0.1, 0.15) is 31.0 Å². The molecular formula is C11H14ClNO2. The predicted molar refractivity (Wildman–Crippen MR) is 59.2 cm³/mol. The van der Waals surface area contributed by atoms with Gasteiger partial charge in [0.05, 0.1) is 5.69 Å². The van der Waals surface area contributed by atoms with Crippen molar-refractivity contribution >= 4 is 17.6 Å². The van der Waals surface area contributed by atoms with Gasteiger partial charge < -0.3 is 5.11 Å². The monoisotopic (exact) mass is 227 g/mol. The number of halogens is 1. The summed E-state index contributed by atoms with van der Waals surface area (Å²) in [5, 5.41) is 9.45. The summed E-state index contributed by atoms with van der Waals surface area (Å²) in [4.78, 5) is 15.2. The van der Waals surface area contributed by atoms with E-state index < -0.39 is 11.9 Å². The Balaban J connectivity index is 3.12. The fraction of sp³-hybridized carbons (Fsp3) is 0.455. The second-order valence-corrected chi connectivity index (χ2v) is 4.26. The van der Waals surface area contributed by atoms with Crippen molar-refractivity contribution in [1.29, 1.82) is 0 Å². The van der Waals surface area contributed by atoms with Crippen molar-refractivity contribution in [1.82, 2.24) is 4.98 Å². The zero-order valence-electron chi connectivity index (χ0n) is 8.99. The average molecular weight is 228 g/mol. The third-order valence-electron chi connectivity index (χ3n) is 2.31. The van der Waals surface area contributed by atoms with Crippen LogP contribution in [-0.4, -0.2) is 16.1 Å². The van der Waals surface area contributed by atoms with Gasteiger partial charge in [0.2, 0.25) is 0 Å². The molecule has 1 N–H and O–H groups in total. The number of carboxylic acids is 1. The van der Waals surface area contributed by atoms with E-state index in [4.69, 9.17) is 16.7 Å². The highest BCUT2D eigenvalue weighted by atomic mass is 35.5. The van der Waals surface area contributed by atoms with Crippen molar-refractivity contribution in [2.75, 3.05) is 0 Å². The summed E-state index contributed by atoms with van der Waals surface area (Å²) in [6, 6.07) is 3.52. The van der Waals surface area contributed by atoms with Crippen LogP contribution in [-0.2, 0) is 4.79 Å². The standard InChI is InChI=1S/C11H14ClNO2/c1-6(2)9(11(14)15)8-5-4-7(3)10(12)13-8/h4-6,9H,1-3H3,(H,14,15). The lowest BCUT2D eigenvalue weighted by Gasteiger charge is -2.15. The molecule has 0 aliphatic carbocycles. The molecule has 1 unspecified atom stereocenters. The van der Waals surface area contributed by atoms with E-state index >= 15 is 0 Å². The van der Waals surface area contributed by atoms with Gasteiger partial charge in [-0.3, -0.25) is 4.79 Å². The maximum absolute atomic E-state index is 11.1. The van der Waals surface area contributed by atoms with Gasteiger partial charge in [0.1, 0.15) is 11.1 Å². The molecule has 1 rings (SSSR count). The van der Waals surface area contributed by atoms with Gasteiger partial charge in [0.15, 0.2) is 0 Å². The van der Waals surface area contributed by atoms with Crippen LogP contribution < -0.4 is 0 Å². The highest BCUT2D eigenvalue weighted by molar-refractivity contribution is 6.30. The fourth-order valence-corrected chi connectivity index (χ4v) is 1.60. The summed E-state index contributed by atoms with van der Waals surface area (Å²) >= 11 is 5.86. The molecule has 15 heavy (non-hydrogen) atoms. The quantitative estimate of drug-likeness (QED) is 0.808. The van der Waals surface area contributed by atoms with Crippen molar-refractivity contribution in [2.45, 2.75) is 26.7 Å². The van der Waals surface area contributed by atoms with Gasteiger partial charge in [0.25, 0.3) is 0 Å². The predicted octanol–water partition coefficient (Wildman–Crippen LogP) is 2.87. The Hall–Kier alpha value is -1.09. The molecule has 82 valence electrons. The first-order valence-corrected chi connectivity index (χ1v) is 5.17. The van der Waals surface area contributed by atoms with Crippen molar-refractivity contribution in [3.63, 3.8) is 0 Å². The van der Waals surface area contributed by atoms with Crippen molar-refractivity contribution in [2.24, 2.45) is 5.92 Å². The minimum atomic E-state index is -0.864. The van der Waals surface area contributed by atoms with Gasteiger partial charge in [0, 0.05) is 0 Å². The Bertz CT molecular complexity index is 377. The summed E-state index contributed by atoms with van der Waals surface area (Å²) in [7, 11) is 0. The lowest BCUT2D eigenvalue weighted by molar-refractivity contribution is -0.140. The van der Waals surface area contributed by atoms with Crippen LogP contribution in [0.25, 0.3) is 0 Å². The Morgan fingerprint density at radius 3 is 2.47 bits per heavy atom. The van der Waals surface area contributed by atoms with Crippen LogP contribution in [0.5, 0.6) is 0 Å². The molecule has 0 saturated carbocycles. The van der Waals surface area contributed by atoms with E-state index in [1.807, 2.05) is 20.8 Å². The van der Waals surface area contributed by atoms with E-state index in [0.717, 1.165) is 5.56 Å². The molecule has 1 aromatic rings. The van der Waals surface area contributed by atoms with Crippen molar-refractivity contribution in [3.05, 3.63) is 28.5 Å². The molecular weight excluding hydrogens is 214 g/mol. The van der Waals surface area contributed by atoms with E-state index in [1.54, 1.807) is 12.1 Å². The van der Waals surface area contributed by atoms with E-state index in [0.29, 0.717) is 10.8 Å². The Labute approximate surface area is 94.1 Å². The first-order valence-electron chi connectivity index (χ1n) is 4.79. The van der Waals surface area contributed by atoms with Gasteiger partial charge in [-0.2, -0.15) is 0 Å². The first-order chi connectivity index (χ1) is 6.93. The van der Waals surface area contributed by atoms with Crippen LogP contribution in [0.4, 0.5) is 0 Å². The molecule has 0 aliphatic rings. The van der Waals surface area contributed by atoms with Crippen LogP contribution in [0.3, 0.4) is 0 Å². The van der Waals surface area contributed by atoms with Gasteiger partial charge in [-0.05, 0) is 24.5 Å². The number of carboxylic acid groups (broad SMARTS) is 1. The molecule has 0 aliphatic heterocycles. The fourth-order valence-electron chi connectivity index (χ4n) is 1.44. The number of nitrogens with zero attached hydrogens (tertiary/aromatic N) is 1. The molecule has 1 heterocycles. The maximum Gasteiger partial charge on any atom is 0.312 e. The summed E-state index contributed by atoms with van der Waals surface area (Å²) in [5.74, 6) is -1.46. The van der Waals surface area contributed by atoms with Gasteiger partial charge in [-0.1, -0.05) is 31.5 Å². The topological polar surface area (TPSA) is 50.2 Å². The zero-order chi connectivity index (χ0) is 11.6. The van der Waals surface area contributed by atoms with E-state index in [1.165, 1.54) is 0 Å². The SMILES string of the molecule is Cc1ccc(C(C(=O)O)C(C)C)nc1Cl. The van der Waals surface area contributed by atoms with Crippen LogP contribution in [0.2, 0.25) is 5.15 Å². The van der Waals surface area contributed by atoms with Crippen LogP contribution >= 0.6 is 11.6 Å². The largest absolute Gasteiger partial charge is 0.481 e. The number of rotatable bonds is 3. The smallest absolute Gasteiger partial charge is 0.312 e. The van der Waals surface area contributed by atoms with E-state index in [2.05, 4.69) is 4.98 Å². The Kier molecular flexibility index (Phi) is 3.69. The molecule has 0 saturated heterocycles. The van der Waals surface area contributed by atoms with Crippen LogP contribution in [0.15, 0.2) is 12.1 Å². The summed E-state index contributed by atoms with van der Waals surface area (Å²) in [6.45, 7) is 5.55. The normalized spacial score (nSPS) is 12.9. The second-order valence-electron chi connectivity index (χ2n) is 3.90. The number of aliphatic carboxylic acids is 1. The molecule has 3 nitrogen and oxygen atoms in total.